The molecule has 8 nitrogen and oxygen atoms in total. The summed E-state index contributed by atoms with van der Waals surface area (Å²) in [6, 6.07) is 27.6. The molecular weight excluding hydrogens is 567 g/mol. The van der Waals surface area contributed by atoms with Gasteiger partial charge in [-0.3, -0.25) is 9.71 Å². The molecule has 1 saturated heterocycles. The van der Waals surface area contributed by atoms with E-state index in [2.05, 4.69) is 82.0 Å². The first kappa shape index (κ1) is 27.7. The molecule has 10 heteroatoms. The molecule has 1 aliphatic heterocycles. The molecule has 2 aromatic heterocycles. The number of hydrogen-bond acceptors (Lipinski definition) is 5. The van der Waals surface area contributed by atoms with E-state index in [1.54, 1.807) is 18.3 Å². The minimum Gasteiger partial charge on any atom is -0.495 e. The molecule has 2 N–H and O–H groups in total. The summed E-state index contributed by atoms with van der Waals surface area (Å²) >= 11 is 5.94. The number of hydrogen-bond donors (Lipinski definition) is 2. The van der Waals surface area contributed by atoms with Gasteiger partial charge in [0.25, 0.3) is 0 Å². The van der Waals surface area contributed by atoms with Crippen molar-refractivity contribution < 1.29 is 13.2 Å². The van der Waals surface area contributed by atoms with Crippen LogP contribution in [-0.4, -0.2) is 36.4 Å². The number of rotatable bonds is 7. The van der Waals surface area contributed by atoms with Crippen LogP contribution in [0, 0.1) is 13.8 Å². The number of aromatic nitrogens is 2. The maximum absolute atomic E-state index is 12.2. The lowest BCUT2D eigenvalue weighted by Crippen LogP contribution is -2.29. The molecule has 42 heavy (non-hydrogen) atoms. The molecule has 3 aromatic carbocycles. The second kappa shape index (κ2) is 10.8. The van der Waals surface area contributed by atoms with Gasteiger partial charge in [-0.25, -0.2) is 8.42 Å². The Morgan fingerprint density at radius 2 is 1.74 bits per heavy atom. The third kappa shape index (κ3) is 4.97. The molecule has 2 atom stereocenters. The monoisotopic (exact) mass is 597 g/mol. The van der Waals surface area contributed by atoms with Gasteiger partial charge in [0.1, 0.15) is 5.75 Å². The quantitative estimate of drug-likeness (QED) is 0.216. The first-order valence-corrected chi connectivity index (χ1v) is 15.8. The second-order valence-corrected chi connectivity index (χ2v) is 12.6. The van der Waals surface area contributed by atoms with Gasteiger partial charge in [0.05, 0.1) is 42.5 Å². The van der Waals surface area contributed by atoms with Gasteiger partial charge in [0, 0.05) is 28.7 Å². The van der Waals surface area contributed by atoms with Crippen LogP contribution in [0.25, 0.3) is 16.5 Å². The fourth-order valence-electron chi connectivity index (χ4n) is 5.94. The Morgan fingerprint density at radius 3 is 2.48 bits per heavy atom. The molecule has 214 valence electrons. The van der Waals surface area contributed by atoms with Crippen LogP contribution in [0.15, 0.2) is 91.1 Å². The molecular formula is C32H31N5O3S2. The topological polar surface area (TPSA) is 88.5 Å². The van der Waals surface area contributed by atoms with Gasteiger partial charge in [-0.15, -0.1) is 0 Å². The van der Waals surface area contributed by atoms with Crippen LogP contribution in [-0.2, 0) is 10.0 Å². The van der Waals surface area contributed by atoms with E-state index >= 15 is 0 Å². The molecule has 0 aliphatic carbocycles. The summed E-state index contributed by atoms with van der Waals surface area (Å²) in [5.41, 5.74) is 6.26. The van der Waals surface area contributed by atoms with Gasteiger partial charge in [-0.2, -0.15) is 0 Å². The molecule has 1 aliphatic rings. The van der Waals surface area contributed by atoms with Crippen molar-refractivity contribution in [2.45, 2.75) is 25.9 Å². The number of nitrogens with zero attached hydrogens (tertiary/aromatic N) is 3. The highest BCUT2D eigenvalue weighted by molar-refractivity contribution is 7.92. The van der Waals surface area contributed by atoms with E-state index < -0.39 is 10.0 Å². The first-order chi connectivity index (χ1) is 20.2. The first-order valence-electron chi connectivity index (χ1n) is 13.5. The number of aryl methyl sites for hydroxylation is 1. The van der Waals surface area contributed by atoms with Crippen LogP contribution in [0.4, 0.5) is 11.4 Å². The van der Waals surface area contributed by atoms with Crippen LogP contribution in [0.3, 0.4) is 0 Å². The standard InChI is InChI=1S/C32H31N5O3S2/c1-20-18-25(21(2)36(20)28-14-9-11-22-10-5-6-12-24(22)28)31-30(26-13-7-8-17-33-26)34-32(41)37(31)23-15-16-29(40-3)27(19-23)35-42(4,38)39/h5-19,30-31,35H,1-4H3,(H,34,41). The number of methoxy groups -OCH3 is 1. The van der Waals surface area contributed by atoms with Gasteiger partial charge < -0.3 is 19.5 Å². The third-order valence-electron chi connectivity index (χ3n) is 7.65. The predicted octanol–water partition coefficient (Wildman–Crippen LogP) is 6.20. The Bertz CT molecular complexity index is 1920. The van der Waals surface area contributed by atoms with Crippen molar-refractivity contribution in [3.05, 3.63) is 114 Å². The lowest BCUT2D eigenvalue weighted by Gasteiger charge is -2.29. The van der Waals surface area contributed by atoms with Gasteiger partial charge in [-0.05, 0) is 79.5 Å². The number of benzene rings is 3. The SMILES string of the molecule is COc1ccc(N2C(=S)NC(c3ccccn3)C2c2cc(C)n(-c3cccc4ccccc34)c2C)cc1NS(C)(=O)=O. The molecule has 0 radical (unpaired) electrons. The number of sulfonamides is 1. The van der Waals surface area contributed by atoms with Crippen molar-refractivity contribution in [1.29, 1.82) is 0 Å². The van der Waals surface area contributed by atoms with Crippen molar-refractivity contribution >= 4 is 49.5 Å². The van der Waals surface area contributed by atoms with Crippen LogP contribution in [0.5, 0.6) is 5.75 Å². The smallest absolute Gasteiger partial charge is 0.229 e. The fraction of sp³-hybridized carbons (Fsp3) is 0.188. The zero-order valence-corrected chi connectivity index (χ0v) is 25.3. The van der Waals surface area contributed by atoms with E-state index in [0.29, 0.717) is 16.5 Å². The fourth-order valence-corrected chi connectivity index (χ4v) is 6.84. The van der Waals surface area contributed by atoms with Gasteiger partial charge in [0.2, 0.25) is 10.0 Å². The van der Waals surface area contributed by atoms with Crippen molar-refractivity contribution in [2.75, 3.05) is 23.0 Å². The van der Waals surface area contributed by atoms with Crippen molar-refractivity contribution in [3.63, 3.8) is 0 Å². The summed E-state index contributed by atoms with van der Waals surface area (Å²) < 4.78 is 34.7. The van der Waals surface area contributed by atoms with Crippen LogP contribution >= 0.6 is 12.2 Å². The number of fused-ring (bicyclic) bond motifs is 1. The van der Waals surface area contributed by atoms with E-state index in [0.717, 1.165) is 45.7 Å². The van der Waals surface area contributed by atoms with Crippen molar-refractivity contribution in [1.82, 2.24) is 14.9 Å². The van der Waals surface area contributed by atoms with E-state index in [9.17, 15) is 8.42 Å². The number of anilines is 2. The van der Waals surface area contributed by atoms with Crippen molar-refractivity contribution in [2.24, 2.45) is 0 Å². The van der Waals surface area contributed by atoms with Gasteiger partial charge >= 0.3 is 0 Å². The maximum Gasteiger partial charge on any atom is 0.229 e. The number of pyridine rings is 1. The van der Waals surface area contributed by atoms with Crippen LogP contribution in [0.2, 0.25) is 0 Å². The Hall–Kier alpha value is -4.41. The zero-order valence-electron chi connectivity index (χ0n) is 23.7. The summed E-state index contributed by atoms with van der Waals surface area (Å²) in [6.45, 7) is 4.24. The molecule has 5 aromatic rings. The van der Waals surface area contributed by atoms with Crippen LogP contribution in [0.1, 0.15) is 34.7 Å². The zero-order chi connectivity index (χ0) is 29.6. The Labute approximate surface area is 251 Å². The van der Waals surface area contributed by atoms with Gasteiger partial charge in [0.15, 0.2) is 5.11 Å². The highest BCUT2D eigenvalue weighted by atomic mass is 32.2. The lowest BCUT2D eigenvalue weighted by molar-refractivity contribution is 0.417. The highest BCUT2D eigenvalue weighted by Crippen LogP contribution is 2.45. The Balaban J connectivity index is 1.54. The second-order valence-electron chi connectivity index (χ2n) is 10.4. The maximum atomic E-state index is 12.2. The number of thiocarbonyl (C=S) groups is 1. The average Bonchev–Trinajstić information content (AvgIpc) is 3.47. The van der Waals surface area contributed by atoms with E-state index in [1.165, 1.54) is 12.5 Å². The lowest BCUT2D eigenvalue weighted by atomic mass is 9.96. The molecule has 3 heterocycles. The van der Waals surface area contributed by atoms with E-state index in [1.807, 2.05) is 29.2 Å². The van der Waals surface area contributed by atoms with Gasteiger partial charge in [-0.1, -0.05) is 42.5 Å². The average molecular weight is 598 g/mol. The summed E-state index contributed by atoms with van der Waals surface area (Å²) in [6.07, 6.45) is 2.89. The molecule has 6 rings (SSSR count). The third-order valence-corrected chi connectivity index (χ3v) is 8.56. The molecule has 1 fully saturated rings. The van der Waals surface area contributed by atoms with Crippen molar-refractivity contribution in [3.8, 4) is 11.4 Å². The van der Waals surface area contributed by atoms with Crippen LogP contribution < -0.4 is 19.7 Å². The molecule has 0 saturated carbocycles. The molecule has 0 spiro atoms. The molecule has 0 amide bonds. The Kier molecular flexibility index (Phi) is 7.12. The highest BCUT2D eigenvalue weighted by Gasteiger charge is 2.42. The minimum absolute atomic E-state index is 0.256. The number of nitrogens with one attached hydrogen (secondary N) is 2. The molecule has 0 bridgehead atoms. The predicted molar refractivity (Wildman–Crippen MR) is 172 cm³/mol. The van der Waals surface area contributed by atoms with E-state index in [4.69, 9.17) is 17.0 Å². The summed E-state index contributed by atoms with van der Waals surface area (Å²) in [5, 5.41) is 6.36. The molecule has 2 unspecified atom stereocenters. The largest absolute Gasteiger partial charge is 0.495 e. The van der Waals surface area contributed by atoms with E-state index in [-0.39, 0.29) is 12.1 Å². The Morgan fingerprint density at radius 1 is 0.976 bits per heavy atom. The number of ether oxygens (including phenoxy) is 1. The minimum atomic E-state index is -3.55. The normalized spacial score (nSPS) is 17.0. The summed E-state index contributed by atoms with van der Waals surface area (Å²) in [5.74, 6) is 0.411. The summed E-state index contributed by atoms with van der Waals surface area (Å²) in [4.78, 5) is 6.72. The summed E-state index contributed by atoms with van der Waals surface area (Å²) in [7, 11) is -2.04.